The first kappa shape index (κ1) is 17.4. The number of rotatable bonds is 4. The van der Waals surface area contributed by atoms with Crippen LogP contribution in [0.2, 0.25) is 5.02 Å². The quantitative estimate of drug-likeness (QED) is 0.472. The Labute approximate surface area is 160 Å². The summed E-state index contributed by atoms with van der Waals surface area (Å²) in [5.74, 6) is -0.583. The standard InChI is InChI=1S/C21H17ClN2O3/c1-3-12-4-6-13(7-5-12)14-9-15-17(10-16(14)22)23-21(26)19(15)20(25)18-8-11(2)24-27-18/h4-10,23,26H,3H2,1-2H3. The van der Waals surface area contributed by atoms with Crippen LogP contribution >= 0.6 is 11.6 Å². The van der Waals surface area contributed by atoms with Crippen LogP contribution in [0, 0.1) is 6.92 Å². The Balaban J connectivity index is 1.88. The second kappa shape index (κ2) is 6.59. The highest BCUT2D eigenvalue weighted by molar-refractivity contribution is 6.34. The van der Waals surface area contributed by atoms with Crippen LogP contribution in [0.5, 0.6) is 5.88 Å². The van der Waals surface area contributed by atoms with E-state index in [1.807, 2.05) is 30.3 Å². The molecular weight excluding hydrogens is 364 g/mol. The molecule has 0 aliphatic rings. The summed E-state index contributed by atoms with van der Waals surface area (Å²) in [5.41, 5.74) is 4.27. The first-order valence-corrected chi connectivity index (χ1v) is 8.97. The molecule has 5 nitrogen and oxygen atoms in total. The number of H-pyrrole nitrogens is 1. The summed E-state index contributed by atoms with van der Waals surface area (Å²) in [5, 5.41) is 15.2. The van der Waals surface area contributed by atoms with Gasteiger partial charge < -0.3 is 14.6 Å². The number of aromatic hydroxyl groups is 1. The Bertz CT molecular complexity index is 1160. The molecule has 0 bridgehead atoms. The van der Waals surface area contributed by atoms with Crippen molar-refractivity contribution in [3.05, 3.63) is 70.1 Å². The van der Waals surface area contributed by atoms with Gasteiger partial charge in [-0.15, -0.1) is 0 Å². The van der Waals surface area contributed by atoms with Gasteiger partial charge in [0.25, 0.3) is 0 Å². The molecule has 6 heteroatoms. The van der Waals surface area contributed by atoms with E-state index in [1.54, 1.807) is 19.1 Å². The number of fused-ring (bicyclic) bond motifs is 1. The van der Waals surface area contributed by atoms with Gasteiger partial charge in [0.1, 0.15) is 0 Å². The number of benzene rings is 2. The molecule has 0 aliphatic carbocycles. The van der Waals surface area contributed by atoms with Crippen LogP contribution < -0.4 is 0 Å². The van der Waals surface area contributed by atoms with Gasteiger partial charge in [-0.1, -0.05) is 47.9 Å². The first-order chi connectivity index (χ1) is 13.0. The van der Waals surface area contributed by atoms with Crippen molar-refractivity contribution in [3.63, 3.8) is 0 Å². The molecule has 0 spiro atoms. The molecule has 0 atom stereocenters. The van der Waals surface area contributed by atoms with Crippen molar-refractivity contribution in [2.45, 2.75) is 20.3 Å². The summed E-state index contributed by atoms with van der Waals surface area (Å²) in [6.07, 6.45) is 0.952. The molecule has 0 saturated carbocycles. The van der Waals surface area contributed by atoms with E-state index >= 15 is 0 Å². The van der Waals surface area contributed by atoms with Crippen LogP contribution in [0.3, 0.4) is 0 Å². The topological polar surface area (TPSA) is 79.1 Å². The van der Waals surface area contributed by atoms with Gasteiger partial charge in [-0.05, 0) is 36.6 Å². The lowest BCUT2D eigenvalue weighted by Gasteiger charge is -2.07. The zero-order valence-corrected chi connectivity index (χ0v) is 15.6. The average Bonchev–Trinajstić information content (AvgIpc) is 3.23. The predicted molar refractivity (Wildman–Crippen MR) is 104 cm³/mol. The Morgan fingerprint density at radius 1 is 1.22 bits per heavy atom. The number of nitrogens with one attached hydrogen (secondary N) is 1. The summed E-state index contributed by atoms with van der Waals surface area (Å²) in [6.45, 7) is 3.83. The van der Waals surface area contributed by atoms with Gasteiger partial charge in [0.05, 0.1) is 21.8 Å². The maximum atomic E-state index is 12.8. The molecule has 27 heavy (non-hydrogen) atoms. The van der Waals surface area contributed by atoms with Gasteiger partial charge in [0, 0.05) is 17.0 Å². The highest BCUT2D eigenvalue weighted by Crippen LogP contribution is 2.37. The number of ketones is 1. The Morgan fingerprint density at radius 2 is 1.96 bits per heavy atom. The van der Waals surface area contributed by atoms with E-state index in [2.05, 4.69) is 17.1 Å². The third-order valence-electron chi connectivity index (χ3n) is 4.62. The molecule has 2 N–H and O–H groups in total. The number of aromatic nitrogens is 2. The molecule has 0 aliphatic heterocycles. The number of hydrogen-bond donors (Lipinski definition) is 2. The fraction of sp³-hybridized carbons (Fsp3) is 0.143. The fourth-order valence-corrected chi connectivity index (χ4v) is 3.44. The Hall–Kier alpha value is -3.05. The van der Waals surface area contributed by atoms with E-state index in [0.29, 0.717) is 21.6 Å². The fourth-order valence-electron chi connectivity index (χ4n) is 3.17. The molecule has 0 saturated heterocycles. The monoisotopic (exact) mass is 380 g/mol. The van der Waals surface area contributed by atoms with Gasteiger partial charge in [-0.3, -0.25) is 4.79 Å². The molecule has 2 heterocycles. The van der Waals surface area contributed by atoms with E-state index in [-0.39, 0.29) is 17.2 Å². The predicted octanol–water partition coefficient (Wildman–Crippen LogP) is 5.28. The maximum Gasteiger partial charge on any atom is 0.237 e. The summed E-state index contributed by atoms with van der Waals surface area (Å²) in [6, 6.07) is 13.2. The highest BCUT2D eigenvalue weighted by Gasteiger charge is 2.24. The van der Waals surface area contributed by atoms with Gasteiger partial charge in [-0.25, -0.2) is 0 Å². The Kier molecular flexibility index (Phi) is 4.24. The van der Waals surface area contributed by atoms with Crippen molar-refractivity contribution in [1.82, 2.24) is 10.1 Å². The lowest BCUT2D eigenvalue weighted by molar-refractivity contribution is 0.0999. The first-order valence-electron chi connectivity index (χ1n) is 8.59. The summed E-state index contributed by atoms with van der Waals surface area (Å²) >= 11 is 6.46. The summed E-state index contributed by atoms with van der Waals surface area (Å²) < 4.78 is 5.07. The third-order valence-corrected chi connectivity index (χ3v) is 4.93. The molecule has 4 rings (SSSR count). The van der Waals surface area contributed by atoms with Crippen LogP contribution in [0.1, 0.15) is 34.3 Å². The van der Waals surface area contributed by atoms with Crippen LogP contribution in [-0.4, -0.2) is 21.0 Å². The minimum absolute atomic E-state index is 0.0764. The lowest BCUT2D eigenvalue weighted by Crippen LogP contribution is -1.99. The number of halogens is 1. The van der Waals surface area contributed by atoms with Crippen molar-refractivity contribution < 1.29 is 14.4 Å². The number of nitrogens with zero attached hydrogens (tertiary/aromatic N) is 1. The molecule has 0 fully saturated rings. The Morgan fingerprint density at radius 3 is 2.59 bits per heavy atom. The second-order valence-corrected chi connectivity index (χ2v) is 6.85. The zero-order valence-electron chi connectivity index (χ0n) is 14.8. The normalized spacial score (nSPS) is 11.2. The lowest BCUT2D eigenvalue weighted by atomic mass is 9.99. The average molecular weight is 381 g/mol. The zero-order chi connectivity index (χ0) is 19.1. The molecular formula is C21H17ClN2O3. The molecule has 2 aromatic heterocycles. The largest absolute Gasteiger partial charge is 0.494 e. The maximum absolute atomic E-state index is 12.8. The minimum Gasteiger partial charge on any atom is -0.494 e. The minimum atomic E-state index is -0.436. The number of aromatic amines is 1. The summed E-state index contributed by atoms with van der Waals surface area (Å²) in [4.78, 5) is 15.6. The van der Waals surface area contributed by atoms with Crippen LogP contribution in [0.25, 0.3) is 22.0 Å². The van der Waals surface area contributed by atoms with E-state index < -0.39 is 5.78 Å². The number of carbonyl (C=O) groups excluding carboxylic acids is 1. The van der Waals surface area contributed by atoms with Crippen molar-refractivity contribution >= 4 is 28.3 Å². The van der Waals surface area contributed by atoms with Crippen LogP contribution in [0.15, 0.2) is 47.0 Å². The molecule has 2 aromatic carbocycles. The van der Waals surface area contributed by atoms with E-state index in [1.165, 1.54) is 5.56 Å². The molecule has 136 valence electrons. The van der Waals surface area contributed by atoms with Gasteiger partial charge in [0.2, 0.25) is 17.4 Å². The molecule has 0 unspecified atom stereocenters. The van der Waals surface area contributed by atoms with E-state index in [0.717, 1.165) is 17.5 Å². The molecule has 4 aromatic rings. The second-order valence-electron chi connectivity index (χ2n) is 6.44. The number of hydrogen-bond acceptors (Lipinski definition) is 4. The van der Waals surface area contributed by atoms with Crippen LogP contribution in [0.4, 0.5) is 0 Å². The number of aryl methyl sites for hydroxylation is 2. The van der Waals surface area contributed by atoms with Gasteiger partial charge in [0.15, 0.2) is 0 Å². The highest BCUT2D eigenvalue weighted by atomic mass is 35.5. The summed E-state index contributed by atoms with van der Waals surface area (Å²) in [7, 11) is 0. The van der Waals surface area contributed by atoms with Gasteiger partial charge in [-0.2, -0.15) is 0 Å². The van der Waals surface area contributed by atoms with Crippen LogP contribution in [-0.2, 0) is 6.42 Å². The smallest absolute Gasteiger partial charge is 0.237 e. The van der Waals surface area contributed by atoms with Crippen molar-refractivity contribution in [1.29, 1.82) is 0 Å². The van der Waals surface area contributed by atoms with Crippen molar-refractivity contribution in [2.75, 3.05) is 0 Å². The molecule has 0 radical (unpaired) electrons. The van der Waals surface area contributed by atoms with E-state index in [4.69, 9.17) is 16.1 Å². The van der Waals surface area contributed by atoms with Crippen molar-refractivity contribution in [3.8, 4) is 17.0 Å². The van der Waals surface area contributed by atoms with Crippen molar-refractivity contribution in [2.24, 2.45) is 0 Å². The third kappa shape index (κ3) is 3.00. The SMILES string of the molecule is CCc1ccc(-c2cc3c(C(=O)c4cc(C)no4)c(O)[nH]c3cc2Cl)cc1. The van der Waals surface area contributed by atoms with Gasteiger partial charge >= 0.3 is 0 Å². The molecule has 0 amide bonds. The van der Waals surface area contributed by atoms with E-state index in [9.17, 15) is 9.90 Å². The number of carbonyl (C=O) groups is 1.